The van der Waals surface area contributed by atoms with Crippen molar-refractivity contribution < 1.29 is 9.53 Å². The number of nitrogens with zero attached hydrogens (tertiary/aromatic N) is 2. The van der Waals surface area contributed by atoms with Crippen molar-refractivity contribution in [2.45, 2.75) is 6.42 Å². The SMILES string of the molecule is COc1ccc(C(=O)NCCc2nccn2C)cc1N. The number of nitrogens with two attached hydrogens (primary N) is 1. The third-order valence-corrected chi connectivity index (χ3v) is 3.05. The van der Waals surface area contributed by atoms with E-state index in [9.17, 15) is 4.79 Å². The summed E-state index contributed by atoms with van der Waals surface area (Å²) in [5.74, 6) is 1.34. The van der Waals surface area contributed by atoms with E-state index in [4.69, 9.17) is 10.5 Å². The summed E-state index contributed by atoms with van der Waals surface area (Å²) in [6, 6.07) is 4.98. The summed E-state index contributed by atoms with van der Waals surface area (Å²) in [7, 11) is 3.46. The van der Waals surface area contributed by atoms with Gasteiger partial charge in [-0.2, -0.15) is 0 Å². The zero-order chi connectivity index (χ0) is 14.5. The molecular formula is C14H18N4O2. The molecule has 3 N–H and O–H groups in total. The summed E-state index contributed by atoms with van der Waals surface area (Å²) < 4.78 is 6.98. The fourth-order valence-electron chi connectivity index (χ4n) is 1.90. The molecule has 0 atom stereocenters. The molecule has 0 saturated heterocycles. The number of aromatic nitrogens is 2. The molecule has 20 heavy (non-hydrogen) atoms. The van der Waals surface area contributed by atoms with Crippen LogP contribution in [-0.2, 0) is 13.5 Å². The van der Waals surface area contributed by atoms with Gasteiger partial charge in [0.15, 0.2) is 0 Å². The number of carbonyl (C=O) groups is 1. The van der Waals surface area contributed by atoms with Gasteiger partial charge in [0, 0.05) is 38.0 Å². The lowest BCUT2D eigenvalue weighted by Gasteiger charge is -2.08. The lowest BCUT2D eigenvalue weighted by atomic mass is 10.1. The molecule has 1 aromatic heterocycles. The topological polar surface area (TPSA) is 82.2 Å². The Morgan fingerprint density at radius 1 is 1.50 bits per heavy atom. The standard InChI is InChI=1S/C14H18N4O2/c1-18-8-7-16-13(18)5-6-17-14(19)10-3-4-12(20-2)11(15)9-10/h3-4,7-9H,5-6,15H2,1-2H3,(H,17,19). The number of ether oxygens (including phenoxy) is 1. The number of aryl methyl sites for hydroxylation is 1. The van der Waals surface area contributed by atoms with Crippen LogP contribution in [0.5, 0.6) is 5.75 Å². The van der Waals surface area contributed by atoms with Crippen molar-refractivity contribution in [1.82, 2.24) is 14.9 Å². The van der Waals surface area contributed by atoms with Gasteiger partial charge in [-0.1, -0.05) is 0 Å². The maximum atomic E-state index is 12.0. The van der Waals surface area contributed by atoms with Crippen LogP contribution < -0.4 is 15.8 Å². The lowest BCUT2D eigenvalue weighted by Crippen LogP contribution is -2.26. The second-order valence-electron chi connectivity index (χ2n) is 4.42. The van der Waals surface area contributed by atoms with E-state index in [1.54, 1.807) is 24.4 Å². The Labute approximate surface area is 117 Å². The summed E-state index contributed by atoms with van der Waals surface area (Å²) in [6.45, 7) is 0.523. The largest absolute Gasteiger partial charge is 0.495 e. The van der Waals surface area contributed by atoms with Crippen LogP contribution in [0.3, 0.4) is 0 Å². The van der Waals surface area contributed by atoms with Crippen molar-refractivity contribution >= 4 is 11.6 Å². The van der Waals surface area contributed by atoms with E-state index in [0.717, 1.165) is 5.82 Å². The third kappa shape index (κ3) is 3.09. The maximum Gasteiger partial charge on any atom is 0.251 e. The number of imidazole rings is 1. The van der Waals surface area contributed by atoms with E-state index in [0.29, 0.717) is 30.0 Å². The highest BCUT2D eigenvalue weighted by atomic mass is 16.5. The maximum absolute atomic E-state index is 12.0. The van der Waals surface area contributed by atoms with Gasteiger partial charge in [0.2, 0.25) is 0 Å². The quantitative estimate of drug-likeness (QED) is 0.796. The number of nitrogen functional groups attached to an aromatic ring is 1. The summed E-state index contributed by atoms with van der Waals surface area (Å²) in [6.07, 6.45) is 4.30. The minimum Gasteiger partial charge on any atom is -0.495 e. The molecule has 0 fully saturated rings. The highest BCUT2D eigenvalue weighted by Crippen LogP contribution is 2.21. The number of carbonyl (C=O) groups excluding carboxylic acids is 1. The summed E-state index contributed by atoms with van der Waals surface area (Å²) >= 11 is 0. The third-order valence-electron chi connectivity index (χ3n) is 3.05. The number of rotatable bonds is 5. The van der Waals surface area contributed by atoms with Gasteiger partial charge >= 0.3 is 0 Å². The molecule has 0 aliphatic carbocycles. The van der Waals surface area contributed by atoms with E-state index in [-0.39, 0.29) is 5.91 Å². The summed E-state index contributed by atoms with van der Waals surface area (Å²) in [5.41, 5.74) is 6.74. The van der Waals surface area contributed by atoms with E-state index in [1.165, 1.54) is 7.11 Å². The molecule has 0 aliphatic heterocycles. The molecule has 0 radical (unpaired) electrons. The number of anilines is 1. The van der Waals surface area contributed by atoms with Crippen LogP contribution in [0.25, 0.3) is 0 Å². The van der Waals surface area contributed by atoms with Crippen LogP contribution in [0.15, 0.2) is 30.6 Å². The second kappa shape index (κ2) is 6.10. The first kappa shape index (κ1) is 13.9. The average molecular weight is 274 g/mol. The van der Waals surface area contributed by atoms with Crippen molar-refractivity contribution in [2.75, 3.05) is 19.4 Å². The van der Waals surface area contributed by atoms with Crippen LogP contribution in [0.2, 0.25) is 0 Å². The number of methoxy groups -OCH3 is 1. The van der Waals surface area contributed by atoms with Crippen molar-refractivity contribution in [1.29, 1.82) is 0 Å². The monoisotopic (exact) mass is 274 g/mol. The molecule has 6 nitrogen and oxygen atoms in total. The minimum atomic E-state index is -0.159. The van der Waals surface area contributed by atoms with E-state index < -0.39 is 0 Å². The van der Waals surface area contributed by atoms with Gasteiger partial charge in [0.1, 0.15) is 11.6 Å². The van der Waals surface area contributed by atoms with Crippen molar-refractivity contribution in [3.63, 3.8) is 0 Å². The summed E-state index contributed by atoms with van der Waals surface area (Å²) in [4.78, 5) is 16.2. The van der Waals surface area contributed by atoms with Gasteiger partial charge < -0.3 is 20.4 Å². The Kier molecular flexibility index (Phi) is 4.24. The predicted molar refractivity (Wildman–Crippen MR) is 76.7 cm³/mol. The molecule has 1 amide bonds. The lowest BCUT2D eigenvalue weighted by molar-refractivity contribution is 0.0954. The Morgan fingerprint density at radius 2 is 2.30 bits per heavy atom. The molecule has 0 aliphatic rings. The van der Waals surface area contributed by atoms with Gasteiger partial charge in [-0.25, -0.2) is 4.98 Å². The minimum absolute atomic E-state index is 0.159. The number of nitrogens with one attached hydrogen (secondary N) is 1. The molecule has 2 rings (SSSR count). The Balaban J connectivity index is 1.92. The molecule has 0 unspecified atom stereocenters. The van der Waals surface area contributed by atoms with Gasteiger partial charge in [-0.3, -0.25) is 4.79 Å². The zero-order valence-corrected chi connectivity index (χ0v) is 11.6. The van der Waals surface area contributed by atoms with E-state index in [2.05, 4.69) is 10.3 Å². The molecule has 0 bridgehead atoms. The van der Waals surface area contributed by atoms with E-state index in [1.807, 2.05) is 17.8 Å². The smallest absolute Gasteiger partial charge is 0.251 e. The van der Waals surface area contributed by atoms with Gasteiger partial charge in [0.05, 0.1) is 12.8 Å². The normalized spacial score (nSPS) is 10.3. The fraction of sp³-hybridized carbons (Fsp3) is 0.286. The first-order valence-electron chi connectivity index (χ1n) is 6.29. The first-order chi connectivity index (χ1) is 9.61. The number of hydrogen-bond acceptors (Lipinski definition) is 4. The molecule has 1 aromatic carbocycles. The number of hydrogen-bond donors (Lipinski definition) is 2. The molecule has 0 saturated carbocycles. The van der Waals surface area contributed by atoms with Crippen molar-refractivity contribution in [3.05, 3.63) is 42.0 Å². The fourth-order valence-corrected chi connectivity index (χ4v) is 1.90. The Bertz CT molecular complexity index is 607. The average Bonchev–Trinajstić information content (AvgIpc) is 2.84. The molecular weight excluding hydrogens is 256 g/mol. The Morgan fingerprint density at radius 3 is 2.90 bits per heavy atom. The Hall–Kier alpha value is -2.50. The van der Waals surface area contributed by atoms with Crippen molar-refractivity contribution in [2.24, 2.45) is 7.05 Å². The van der Waals surface area contributed by atoms with Gasteiger partial charge in [0.25, 0.3) is 5.91 Å². The van der Waals surface area contributed by atoms with Crippen LogP contribution in [0, 0.1) is 0 Å². The number of amides is 1. The predicted octanol–water partition coefficient (Wildman–Crippen LogP) is 0.983. The zero-order valence-electron chi connectivity index (χ0n) is 11.6. The van der Waals surface area contributed by atoms with Gasteiger partial charge in [-0.05, 0) is 18.2 Å². The highest BCUT2D eigenvalue weighted by molar-refractivity contribution is 5.95. The molecule has 0 spiro atoms. The first-order valence-corrected chi connectivity index (χ1v) is 6.29. The van der Waals surface area contributed by atoms with Crippen molar-refractivity contribution in [3.8, 4) is 5.75 Å². The van der Waals surface area contributed by atoms with Crippen LogP contribution >= 0.6 is 0 Å². The molecule has 6 heteroatoms. The van der Waals surface area contributed by atoms with Crippen LogP contribution in [0.1, 0.15) is 16.2 Å². The highest BCUT2D eigenvalue weighted by Gasteiger charge is 2.08. The molecule has 106 valence electrons. The number of benzene rings is 1. The molecule has 2 aromatic rings. The molecule has 1 heterocycles. The van der Waals surface area contributed by atoms with E-state index >= 15 is 0 Å². The van der Waals surface area contributed by atoms with Gasteiger partial charge in [-0.15, -0.1) is 0 Å². The van der Waals surface area contributed by atoms with Crippen LogP contribution in [-0.4, -0.2) is 29.1 Å². The van der Waals surface area contributed by atoms with Crippen LogP contribution in [0.4, 0.5) is 5.69 Å². The summed E-state index contributed by atoms with van der Waals surface area (Å²) in [5, 5.41) is 2.84. The second-order valence-corrected chi connectivity index (χ2v) is 4.42.